The van der Waals surface area contributed by atoms with Crippen molar-refractivity contribution in [2.75, 3.05) is 19.0 Å². The Morgan fingerprint density at radius 2 is 1.98 bits per heavy atom. The first-order valence-corrected chi connectivity index (χ1v) is 13.0. The lowest BCUT2D eigenvalue weighted by Gasteiger charge is -2.26. The van der Waals surface area contributed by atoms with Gasteiger partial charge in [-0.15, -0.1) is 0 Å². The van der Waals surface area contributed by atoms with Crippen molar-refractivity contribution in [2.45, 2.75) is 25.4 Å². The van der Waals surface area contributed by atoms with Gasteiger partial charge in [0.05, 0.1) is 35.4 Å². The first-order valence-electron chi connectivity index (χ1n) is 12.6. The highest BCUT2D eigenvalue weighted by molar-refractivity contribution is 7.80. The highest BCUT2D eigenvalue weighted by Crippen LogP contribution is 2.42. The quantitative estimate of drug-likeness (QED) is 0.154. The van der Waals surface area contributed by atoms with Gasteiger partial charge in [-0.3, -0.25) is 19.9 Å². The zero-order valence-electron chi connectivity index (χ0n) is 21.9. The zero-order chi connectivity index (χ0) is 28.2. The fraction of sp³-hybridized carbons (Fsp3) is 0.207. The summed E-state index contributed by atoms with van der Waals surface area (Å²) in [6.07, 6.45) is 1.91. The molecule has 2 aromatic carbocycles. The summed E-state index contributed by atoms with van der Waals surface area (Å²) in [5, 5.41) is 18.0. The van der Waals surface area contributed by atoms with Crippen LogP contribution in [-0.4, -0.2) is 39.5 Å². The van der Waals surface area contributed by atoms with Gasteiger partial charge >= 0.3 is 0 Å². The number of hydrogen-bond donors (Lipinski definition) is 2. The van der Waals surface area contributed by atoms with Crippen molar-refractivity contribution in [3.05, 3.63) is 106 Å². The minimum Gasteiger partial charge on any atom is -0.496 e. The summed E-state index contributed by atoms with van der Waals surface area (Å²) in [4.78, 5) is 30.1. The average Bonchev–Trinajstić information content (AvgIpc) is 3.57. The topological polar surface area (TPSA) is 123 Å². The molecular formula is C29H27N5O5S. The van der Waals surface area contributed by atoms with Crippen LogP contribution in [0.1, 0.15) is 35.5 Å². The molecule has 3 heterocycles. The van der Waals surface area contributed by atoms with Crippen LogP contribution in [0.15, 0.2) is 83.4 Å². The number of anilines is 1. The van der Waals surface area contributed by atoms with Crippen molar-refractivity contribution in [1.29, 1.82) is 0 Å². The molecule has 2 aromatic heterocycles. The number of hydrogen-bond acceptors (Lipinski definition) is 7. The number of carbonyl (C=O) groups is 1. The molecule has 0 spiro atoms. The number of rotatable bonds is 9. The van der Waals surface area contributed by atoms with Crippen LogP contribution < -0.4 is 15.4 Å². The van der Waals surface area contributed by atoms with Gasteiger partial charge in [0.1, 0.15) is 23.3 Å². The Morgan fingerprint density at radius 3 is 2.70 bits per heavy atom. The molecule has 1 amide bonds. The maximum absolute atomic E-state index is 12.9. The van der Waals surface area contributed by atoms with Gasteiger partial charge in [0.15, 0.2) is 5.11 Å². The number of nitro benzene ring substituents is 1. The monoisotopic (exact) mass is 557 g/mol. The van der Waals surface area contributed by atoms with Crippen LogP contribution in [0.5, 0.6) is 5.75 Å². The second-order valence-electron chi connectivity index (χ2n) is 9.28. The predicted octanol–water partition coefficient (Wildman–Crippen LogP) is 5.57. The Kier molecular flexibility index (Phi) is 7.74. The Balaban J connectivity index is 1.43. The Morgan fingerprint density at radius 1 is 1.18 bits per heavy atom. The van der Waals surface area contributed by atoms with Crippen LogP contribution in [0.3, 0.4) is 0 Å². The minimum atomic E-state index is -0.477. The molecule has 1 saturated heterocycles. The first kappa shape index (κ1) is 26.8. The molecule has 5 rings (SSSR count). The summed E-state index contributed by atoms with van der Waals surface area (Å²) in [6, 6.07) is 20.5. The van der Waals surface area contributed by atoms with Crippen LogP contribution in [-0.2, 0) is 4.79 Å². The van der Waals surface area contributed by atoms with Gasteiger partial charge < -0.3 is 24.7 Å². The normalized spacial score (nSPS) is 16.4. The predicted molar refractivity (Wildman–Crippen MR) is 154 cm³/mol. The second kappa shape index (κ2) is 11.5. The molecular weight excluding hydrogens is 530 g/mol. The molecule has 0 saturated carbocycles. The van der Waals surface area contributed by atoms with E-state index in [-0.39, 0.29) is 24.1 Å². The summed E-state index contributed by atoms with van der Waals surface area (Å²) in [5.74, 6) is 1.27. The third-order valence-corrected chi connectivity index (χ3v) is 7.13. The Labute approximate surface area is 236 Å². The Bertz CT molecular complexity index is 1560. The highest BCUT2D eigenvalue weighted by atomic mass is 32.1. The van der Waals surface area contributed by atoms with Crippen LogP contribution in [0.25, 0.3) is 11.3 Å². The van der Waals surface area contributed by atoms with Crippen LogP contribution in [0.4, 0.5) is 11.4 Å². The molecule has 0 aliphatic carbocycles. The number of ether oxygens (including phenoxy) is 1. The van der Waals surface area contributed by atoms with Crippen molar-refractivity contribution in [3.8, 4) is 17.1 Å². The number of amides is 1. The van der Waals surface area contributed by atoms with E-state index in [0.29, 0.717) is 34.5 Å². The first-order chi connectivity index (χ1) is 19.4. The van der Waals surface area contributed by atoms with E-state index in [0.717, 1.165) is 16.9 Å². The summed E-state index contributed by atoms with van der Waals surface area (Å²) in [7, 11) is 1.45. The summed E-state index contributed by atoms with van der Waals surface area (Å²) in [5.41, 5.74) is 3.01. The van der Waals surface area contributed by atoms with Crippen molar-refractivity contribution in [3.63, 3.8) is 0 Å². The lowest BCUT2D eigenvalue weighted by atomic mass is 10.0. The van der Waals surface area contributed by atoms with Crippen molar-refractivity contribution in [2.24, 2.45) is 0 Å². The van der Waals surface area contributed by atoms with Crippen LogP contribution in [0.2, 0.25) is 0 Å². The number of furan rings is 1. The number of nitrogens with one attached hydrogen (secondary N) is 2. The number of nitrogens with zero attached hydrogens (tertiary/aromatic N) is 3. The molecule has 1 aliphatic rings. The van der Waals surface area contributed by atoms with E-state index in [1.54, 1.807) is 18.3 Å². The van der Waals surface area contributed by atoms with E-state index in [1.807, 2.05) is 60.4 Å². The van der Waals surface area contributed by atoms with Gasteiger partial charge in [-0.25, -0.2) is 0 Å². The molecule has 11 heteroatoms. The van der Waals surface area contributed by atoms with E-state index in [2.05, 4.69) is 15.6 Å². The Hall–Kier alpha value is -4.77. The van der Waals surface area contributed by atoms with Crippen molar-refractivity contribution < 1.29 is 18.9 Å². The lowest BCUT2D eigenvalue weighted by Crippen LogP contribution is -2.32. The number of non-ortho nitro benzene ring substituents is 1. The molecule has 204 valence electrons. The van der Waals surface area contributed by atoms with Gasteiger partial charge in [-0.2, -0.15) is 0 Å². The number of pyridine rings is 1. The zero-order valence-corrected chi connectivity index (χ0v) is 22.7. The number of nitro groups is 1. The number of aryl methyl sites for hydroxylation is 1. The molecule has 0 unspecified atom stereocenters. The molecule has 2 N–H and O–H groups in total. The molecule has 2 atom stereocenters. The van der Waals surface area contributed by atoms with E-state index in [1.165, 1.54) is 19.2 Å². The summed E-state index contributed by atoms with van der Waals surface area (Å²) >= 11 is 5.71. The van der Waals surface area contributed by atoms with Crippen LogP contribution >= 0.6 is 12.2 Å². The fourth-order valence-corrected chi connectivity index (χ4v) is 5.09. The number of methoxy groups -OCH3 is 1. The average molecular weight is 558 g/mol. The number of benzene rings is 2. The molecule has 1 aliphatic heterocycles. The number of para-hydroxylation sites is 1. The maximum atomic E-state index is 12.9. The van der Waals surface area contributed by atoms with E-state index < -0.39 is 11.0 Å². The fourth-order valence-electron chi connectivity index (χ4n) is 4.76. The number of carbonyl (C=O) groups excluding carboxylic acids is 1. The molecule has 40 heavy (non-hydrogen) atoms. The standard InChI is InChI=1S/C29H27N5O5S/c1-18-7-3-4-8-21(18)31-26(35)14-16-33-28(27(32-29(33)40)22-9-5-6-15-30-22)24-13-12-23(39-24)20-11-10-19(34(36)37)17-25(20)38-2/h3-13,15,17,27-28H,14,16H2,1-2H3,(H,31,35)(H,32,40)/t27-,28+/m0/s1. The van der Waals surface area contributed by atoms with E-state index in [4.69, 9.17) is 21.4 Å². The molecule has 0 bridgehead atoms. The van der Waals surface area contributed by atoms with Gasteiger partial charge in [-0.05, 0) is 61.1 Å². The number of thiocarbonyl (C=S) groups is 1. The minimum absolute atomic E-state index is 0.0805. The van der Waals surface area contributed by atoms with Gasteiger partial charge in [0.25, 0.3) is 5.69 Å². The summed E-state index contributed by atoms with van der Waals surface area (Å²) in [6.45, 7) is 2.28. The molecule has 1 fully saturated rings. The highest BCUT2D eigenvalue weighted by Gasteiger charge is 2.41. The third-order valence-electron chi connectivity index (χ3n) is 6.78. The smallest absolute Gasteiger partial charge is 0.273 e. The lowest BCUT2D eigenvalue weighted by molar-refractivity contribution is -0.384. The van der Waals surface area contributed by atoms with E-state index >= 15 is 0 Å². The van der Waals surface area contributed by atoms with Gasteiger partial charge in [0, 0.05) is 30.9 Å². The third kappa shape index (κ3) is 5.50. The largest absolute Gasteiger partial charge is 0.496 e. The van der Waals surface area contributed by atoms with Gasteiger partial charge in [0.2, 0.25) is 5.91 Å². The number of aromatic nitrogens is 1. The van der Waals surface area contributed by atoms with Crippen molar-refractivity contribution in [1.82, 2.24) is 15.2 Å². The van der Waals surface area contributed by atoms with E-state index in [9.17, 15) is 14.9 Å². The maximum Gasteiger partial charge on any atom is 0.273 e. The van der Waals surface area contributed by atoms with Gasteiger partial charge in [-0.1, -0.05) is 24.3 Å². The SMILES string of the molecule is COc1cc([N+](=O)[O-])ccc1-c1ccc([C@@H]2[C@H](c3ccccn3)NC(=S)N2CCC(=O)Nc2ccccc2C)o1. The second-order valence-corrected chi connectivity index (χ2v) is 9.66. The van der Waals surface area contributed by atoms with Crippen molar-refractivity contribution >= 4 is 34.6 Å². The van der Waals surface area contributed by atoms with Crippen LogP contribution in [0, 0.1) is 17.0 Å². The molecule has 0 radical (unpaired) electrons. The molecule has 4 aromatic rings. The summed E-state index contributed by atoms with van der Waals surface area (Å²) < 4.78 is 11.7. The molecule has 10 nitrogen and oxygen atoms in total.